The average Bonchev–Trinajstić information content (AvgIpc) is 2.06. The van der Waals surface area contributed by atoms with Gasteiger partial charge in [-0.2, -0.15) is 0 Å². The van der Waals surface area contributed by atoms with Crippen molar-refractivity contribution in [1.82, 2.24) is 5.32 Å². The molecule has 0 saturated carbocycles. The average molecular weight is 179 g/mol. The molecule has 0 fully saturated rings. The Balaban J connectivity index is 2.47. The van der Waals surface area contributed by atoms with E-state index in [1.165, 1.54) is 5.56 Å². The van der Waals surface area contributed by atoms with Crippen LogP contribution in [0.5, 0.6) is 0 Å². The third-order valence-electron chi connectivity index (χ3n) is 1.58. The van der Waals surface area contributed by atoms with Gasteiger partial charge in [0.2, 0.25) is 0 Å². The minimum atomic E-state index is 0.851. The molecule has 1 N–H and O–H groups in total. The molecule has 0 atom stereocenters. The Labute approximate surface area is 78.8 Å². The molecule has 0 saturated heterocycles. The van der Waals surface area contributed by atoms with E-state index in [4.69, 9.17) is 12.2 Å². The Morgan fingerprint density at radius 2 is 2.00 bits per heavy atom. The number of nitrogens with one attached hydrogen (secondary N) is 1. The zero-order valence-corrected chi connectivity index (χ0v) is 8.03. The Morgan fingerprint density at radius 1 is 1.33 bits per heavy atom. The van der Waals surface area contributed by atoms with E-state index < -0.39 is 0 Å². The molecule has 0 heterocycles. The van der Waals surface area contributed by atoms with Gasteiger partial charge in [-0.15, -0.1) is 0 Å². The van der Waals surface area contributed by atoms with E-state index in [0.29, 0.717) is 0 Å². The van der Waals surface area contributed by atoms with Gasteiger partial charge in [-0.1, -0.05) is 42.5 Å². The fourth-order valence-electron chi connectivity index (χ4n) is 1.04. The van der Waals surface area contributed by atoms with Gasteiger partial charge in [-0.05, 0) is 12.5 Å². The largest absolute Gasteiger partial charge is 0.380 e. The topological polar surface area (TPSA) is 12.0 Å². The van der Waals surface area contributed by atoms with Gasteiger partial charge < -0.3 is 5.32 Å². The zero-order valence-electron chi connectivity index (χ0n) is 7.21. The maximum absolute atomic E-state index is 5.12. The van der Waals surface area contributed by atoms with Gasteiger partial charge in [0.1, 0.15) is 0 Å². The SMILES string of the molecule is CCNC(=S)Cc1ccccc1. The first-order valence-corrected chi connectivity index (χ1v) is 4.54. The molecule has 1 aromatic rings. The molecular weight excluding hydrogens is 166 g/mol. The summed E-state index contributed by atoms with van der Waals surface area (Å²) in [6.45, 7) is 2.96. The van der Waals surface area contributed by atoms with E-state index in [1.807, 2.05) is 18.2 Å². The minimum Gasteiger partial charge on any atom is -0.380 e. The normalized spacial score (nSPS) is 9.42. The van der Waals surface area contributed by atoms with Crippen LogP contribution < -0.4 is 5.32 Å². The van der Waals surface area contributed by atoms with Crippen LogP contribution in [-0.2, 0) is 6.42 Å². The number of rotatable bonds is 3. The molecule has 1 aromatic carbocycles. The Bertz CT molecular complexity index is 243. The van der Waals surface area contributed by atoms with Gasteiger partial charge in [0.25, 0.3) is 0 Å². The highest BCUT2D eigenvalue weighted by molar-refractivity contribution is 7.80. The van der Waals surface area contributed by atoms with Crippen LogP contribution in [0.2, 0.25) is 0 Å². The summed E-state index contributed by atoms with van der Waals surface area (Å²) in [5.74, 6) is 0. The van der Waals surface area contributed by atoms with E-state index in [1.54, 1.807) is 0 Å². The Kier molecular flexibility index (Phi) is 3.74. The summed E-state index contributed by atoms with van der Waals surface area (Å²) in [4.78, 5) is 0.920. The van der Waals surface area contributed by atoms with Crippen molar-refractivity contribution in [2.45, 2.75) is 13.3 Å². The smallest absolute Gasteiger partial charge is 0.0797 e. The molecule has 0 amide bonds. The molecule has 0 spiro atoms. The van der Waals surface area contributed by atoms with Crippen molar-refractivity contribution < 1.29 is 0 Å². The summed E-state index contributed by atoms with van der Waals surface area (Å²) in [6.07, 6.45) is 0.851. The predicted molar refractivity (Wildman–Crippen MR) is 56.4 cm³/mol. The Hall–Kier alpha value is -0.890. The second-order valence-corrected chi connectivity index (χ2v) is 3.11. The molecule has 0 aliphatic carbocycles. The van der Waals surface area contributed by atoms with Crippen LogP contribution >= 0.6 is 12.2 Å². The molecule has 0 unspecified atom stereocenters. The van der Waals surface area contributed by atoms with Crippen LogP contribution in [0.3, 0.4) is 0 Å². The van der Waals surface area contributed by atoms with E-state index in [-0.39, 0.29) is 0 Å². The highest BCUT2D eigenvalue weighted by atomic mass is 32.1. The third-order valence-corrected chi connectivity index (χ3v) is 1.87. The van der Waals surface area contributed by atoms with Crippen molar-refractivity contribution in [2.24, 2.45) is 0 Å². The van der Waals surface area contributed by atoms with Gasteiger partial charge in [-0.3, -0.25) is 0 Å². The highest BCUT2D eigenvalue weighted by Gasteiger charge is 1.95. The van der Waals surface area contributed by atoms with E-state index in [0.717, 1.165) is 18.0 Å². The summed E-state index contributed by atoms with van der Waals surface area (Å²) in [7, 11) is 0. The summed E-state index contributed by atoms with van der Waals surface area (Å²) in [6, 6.07) is 10.3. The third kappa shape index (κ3) is 3.01. The Morgan fingerprint density at radius 3 is 2.58 bits per heavy atom. The molecule has 0 aliphatic rings. The van der Waals surface area contributed by atoms with Crippen LogP contribution in [-0.4, -0.2) is 11.5 Å². The first-order valence-electron chi connectivity index (χ1n) is 4.13. The molecule has 1 nitrogen and oxygen atoms in total. The molecule has 2 heteroatoms. The molecule has 1 rings (SSSR count). The monoisotopic (exact) mass is 179 g/mol. The lowest BCUT2D eigenvalue weighted by molar-refractivity contribution is 0.962. The second-order valence-electron chi connectivity index (χ2n) is 2.62. The molecule has 0 aromatic heterocycles. The fraction of sp³-hybridized carbons (Fsp3) is 0.300. The first-order chi connectivity index (χ1) is 5.83. The van der Waals surface area contributed by atoms with Gasteiger partial charge in [0, 0.05) is 13.0 Å². The van der Waals surface area contributed by atoms with E-state index in [9.17, 15) is 0 Å². The number of thiocarbonyl (C=S) groups is 1. The molecule has 12 heavy (non-hydrogen) atoms. The van der Waals surface area contributed by atoms with Crippen molar-refractivity contribution in [1.29, 1.82) is 0 Å². The summed E-state index contributed by atoms with van der Waals surface area (Å²) in [5.41, 5.74) is 1.27. The van der Waals surface area contributed by atoms with Crippen molar-refractivity contribution in [3.63, 3.8) is 0 Å². The maximum atomic E-state index is 5.12. The minimum absolute atomic E-state index is 0.851. The van der Waals surface area contributed by atoms with Crippen molar-refractivity contribution in [3.8, 4) is 0 Å². The molecule has 0 radical (unpaired) electrons. The number of hydrogen-bond donors (Lipinski definition) is 1. The number of likely N-dealkylation sites (N-methyl/N-ethyl adjacent to an activating group) is 1. The summed E-state index contributed by atoms with van der Waals surface area (Å²) < 4.78 is 0. The summed E-state index contributed by atoms with van der Waals surface area (Å²) in [5, 5.41) is 3.13. The van der Waals surface area contributed by atoms with Crippen molar-refractivity contribution in [3.05, 3.63) is 35.9 Å². The maximum Gasteiger partial charge on any atom is 0.0797 e. The molecule has 0 bridgehead atoms. The number of benzene rings is 1. The van der Waals surface area contributed by atoms with Crippen LogP contribution in [0.1, 0.15) is 12.5 Å². The van der Waals surface area contributed by atoms with Crippen LogP contribution in [0, 0.1) is 0 Å². The van der Waals surface area contributed by atoms with Crippen LogP contribution in [0.15, 0.2) is 30.3 Å². The van der Waals surface area contributed by atoms with Gasteiger partial charge in [0.05, 0.1) is 4.99 Å². The van der Waals surface area contributed by atoms with Crippen LogP contribution in [0.25, 0.3) is 0 Å². The second kappa shape index (κ2) is 4.88. The summed E-state index contributed by atoms with van der Waals surface area (Å²) >= 11 is 5.12. The first kappa shape index (κ1) is 9.20. The van der Waals surface area contributed by atoms with Crippen molar-refractivity contribution in [2.75, 3.05) is 6.54 Å². The molecular formula is C10H13NS. The zero-order chi connectivity index (χ0) is 8.81. The van der Waals surface area contributed by atoms with Gasteiger partial charge in [0.15, 0.2) is 0 Å². The quantitative estimate of drug-likeness (QED) is 0.714. The van der Waals surface area contributed by atoms with E-state index >= 15 is 0 Å². The highest BCUT2D eigenvalue weighted by Crippen LogP contribution is 1.99. The lowest BCUT2D eigenvalue weighted by atomic mass is 10.1. The van der Waals surface area contributed by atoms with Crippen molar-refractivity contribution >= 4 is 17.2 Å². The standard InChI is InChI=1S/C10H13NS/c1-2-11-10(12)8-9-6-4-3-5-7-9/h3-7H,2,8H2,1H3,(H,11,12). The lowest BCUT2D eigenvalue weighted by Crippen LogP contribution is -2.22. The lowest BCUT2D eigenvalue weighted by Gasteiger charge is -2.04. The molecule has 0 aliphatic heterocycles. The molecule has 64 valence electrons. The predicted octanol–water partition coefficient (Wildman–Crippen LogP) is 2.17. The van der Waals surface area contributed by atoms with Crippen LogP contribution in [0.4, 0.5) is 0 Å². The van der Waals surface area contributed by atoms with Gasteiger partial charge >= 0.3 is 0 Å². The fourth-order valence-corrected chi connectivity index (χ4v) is 1.35. The number of hydrogen-bond acceptors (Lipinski definition) is 1. The van der Waals surface area contributed by atoms with Gasteiger partial charge in [-0.25, -0.2) is 0 Å². The van der Waals surface area contributed by atoms with E-state index in [2.05, 4.69) is 24.4 Å².